The molecule has 28 heavy (non-hydrogen) atoms. The van der Waals surface area contributed by atoms with E-state index in [1.807, 2.05) is 55.5 Å². The van der Waals surface area contributed by atoms with Gasteiger partial charge in [-0.05, 0) is 58.8 Å². The molecule has 0 aliphatic heterocycles. The second-order valence-corrected chi connectivity index (χ2v) is 7.74. The predicted octanol–water partition coefficient (Wildman–Crippen LogP) is 5.55. The molecule has 7 heteroatoms. The van der Waals surface area contributed by atoms with Crippen LogP contribution >= 0.6 is 27.3 Å². The minimum atomic E-state index is -0.259. The van der Waals surface area contributed by atoms with Gasteiger partial charge < -0.3 is 5.32 Å². The summed E-state index contributed by atoms with van der Waals surface area (Å²) >= 11 is 4.78. The zero-order valence-electron chi connectivity index (χ0n) is 15.3. The molecule has 0 aliphatic rings. The number of anilines is 3. The van der Waals surface area contributed by atoms with Crippen LogP contribution in [0.4, 0.5) is 16.5 Å². The summed E-state index contributed by atoms with van der Waals surface area (Å²) in [5, 5.41) is 5.18. The second-order valence-electron chi connectivity index (χ2n) is 6.05. The maximum Gasteiger partial charge on any atom is 0.248 e. The number of carbonyl (C=O) groups excluding carboxylic acids is 2. The van der Waals surface area contributed by atoms with E-state index in [9.17, 15) is 9.59 Å². The molecule has 0 radical (unpaired) electrons. The van der Waals surface area contributed by atoms with E-state index in [-0.39, 0.29) is 11.8 Å². The van der Waals surface area contributed by atoms with Gasteiger partial charge in [0.2, 0.25) is 11.8 Å². The van der Waals surface area contributed by atoms with Crippen molar-refractivity contribution in [3.8, 4) is 0 Å². The average Bonchev–Trinajstić information content (AvgIpc) is 3.11. The van der Waals surface area contributed by atoms with Gasteiger partial charge in [0.15, 0.2) is 5.13 Å². The van der Waals surface area contributed by atoms with E-state index >= 15 is 0 Å². The van der Waals surface area contributed by atoms with Crippen LogP contribution in [0.25, 0.3) is 6.08 Å². The van der Waals surface area contributed by atoms with Crippen molar-refractivity contribution in [2.24, 2.45) is 0 Å². The molecular formula is C21H18BrN3O2S. The van der Waals surface area contributed by atoms with Gasteiger partial charge in [0.05, 0.1) is 17.1 Å². The van der Waals surface area contributed by atoms with Gasteiger partial charge in [0, 0.05) is 22.9 Å². The highest BCUT2D eigenvalue weighted by Gasteiger charge is 2.17. The summed E-state index contributed by atoms with van der Waals surface area (Å²) in [6.07, 6.45) is 3.05. The number of halogens is 1. The standard InChI is InChI=1S/C21H18BrN3O2S/c1-14-8-10-19(18(22)12-14)24-20(27)11-9-16-13-28-21(23-16)25(15(2)26)17-6-4-3-5-7-17/h3-13H,1-2H3,(H,24,27)/b11-9+. The van der Waals surface area contributed by atoms with Crippen LogP contribution in [0.2, 0.25) is 0 Å². The molecule has 0 fully saturated rings. The summed E-state index contributed by atoms with van der Waals surface area (Å²) in [5.41, 5.74) is 3.16. The molecule has 142 valence electrons. The van der Waals surface area contributed by atoms with E-state index < -0.39 is 0 Å². The molecule has 2 amide bonds. The summed E-state index contributed by atoms with van der Waals surface area (Å²) in [4.78, 5) is 30.3. The minimum absolute atomic E-state index is 0.127. The third kappa shape index (κ3) is 4.94. The van der Waals surface area contributed by atoms with Crippen molar-refractivity contribution in [1.82, 2.24) is 4.98 Å². The van der Waals surface area contributed by atoms with E-state index in [1.165, 1.54) is 24.3 Å². The van der Waals surface area contributed by atoms with Gasteiger partial charge in [-0.15, -0.1) is 11.3 Å². The van der Waals surface area contributed by atoms with Crippen molar-refractivity contribution in [2.75, 3.05) is 10.2 Å². The minimum Gasteiger partial charge on any atom is -0.321 e. The van der Waals surface area contributed by atoms with Gasteiger partial charge in [-0.1, -0.05) is 24.3 Å². The molecule has 0 bridgehead atoms. The highest BCUT2D eigenvalue weighted by molar-refractivity contribution is 9.10. The molecule has 0 aliphatic carbocycles. The van der Waals surface area contributed by atoms with Gasteiger partial charge in [-0.2, -0.15) is 0 Å². The molecule has 1 aromatic heterocycles. The third-order valence-electron chi connectivity index (χ3n) is 3.82. The highest BCUT2D eigenvalue weighted by atomic mass is 79.9. The SMILES string of the molecule is CC(=O)N(c1ccccc1)c1nc(/C=C/C(=O)Nc2ccc(C)cc2Br)cs1. The molecule has 3 aromatic rings. The summed E-state index contributed by atoms with van der Waals surface area (Å²) in [7, 11) is 0. The number of carbonyl (C=O) groups is 2. The Morgan fingerprint density at radius 2 is 1.93 bits per heavy atom. The number of hydrogen-bond acceptors (Lipinski definition) is 4. The maximum atomic E-state index is 12.2. The first-order valence-corrected chi connectivity index (χ1v) is 10.2. The Kier molecular flexibility index (Phi) is 6.38. The quantitative estimate of drug-likeness (QED) is 0.512. The number of rotatable bonds is 5. The number of benzene rings is 2. The lowest BCUT2D eigenvalue weighted by molar-refractivity contribution is -0.116. The lowest BCUT2D eigenvalue weighted by Crippen LogP contribution is -2.22. The second kappa shape index (κ2) is 8.95. The molecule has 0 unspecified atom stereocenters. The zero-order valence-corrected chi connectivity index (χ0v) is 17.8. The van der Waals surface area contributed by atoms with Crippen LogP contribution < -0.4 is 10.2 Å². The normalized spacial score (nSPS) is 10.8. The molecular weight excluding hydrogens is 438 g/mol. The molecule has 5 nitrogen and oxygen atoms in total. The van der Waals surface area contributed by atoms with Crippen LogP contribution in [0.1, 0.15) is 18.2 Å². The number of para-hydroxylation sites is 1. The molecule has 0 saturated heterocycles. The Labute approximate surface area is 175 Å². The van der Waals surface area contributed by atoms with Crippen LogP contribution in [0.3, 0.4) is 0 Å². The molecule has 1 N–H and O–H groups in total. The Morgan fingerprint density at radius 1 is 1.18 bits per heavy atom. The number of nitrogens with zero attached hydrogens (tertiary/aromatic N) is 2. The van der Waals surface area contributed by atoms with Crippen LogP contribution in [-0.4, -0.2) is 16.8 Å². The van der Waals surface area contributed by atoms with Crippen LogP contribution in [0, 0.1) is 6.92 Å². The summed E-state index contributed by atoms with van der Waals surface area (Å²) in [6.45, 7) is 3.48. The molecule has 1 heterocycles. The predicted molar refractivity (Wildman–Crippen MR) is 118 cm³/mol. The Hall–Kier alpha value is -2.77. The fraction of sp³-hybridized carbons (Fsp3) is 0.0952. The van der Waals surface area contributed by atoms with E-state index in [0.29, 0.717) is 16.5 Å². The first-order valence-electron chi connectivity index (χ1n) is 8.50. The molecule has 3 rings (SSSR count). The number of amides is 2. The van der Waals surface area contributed by atoms with Crippen molar-refractivity contribution in [1.29, 1.82) is 0 Å². The van der Waals surface area contributed by atoms with Crippen molar-refractivity contribution in [3.05, 3.63) is 75.7 Å². The Bertz CT molecular complexity index is 1030. The fourth-order valence-corrected chi connectivity index (χ4v) is 3.96. The number of nitrogens with one attached hydrogen (secondary N) is 1. The van der Waals surface area contributed by atoms with E-state index in [4.69, 9.17) is 0 Å². The molecule has 0 spiro atoms. The van der Waals surface area contributed by atoms with E-state index in [0.717, 1.165) is 15.7 Å². The third-order valence-corrected chi connectivity index (χ3v) is 5.32. The van der Waals surface area contributed by atoms with E-state index in [1.54, 1.807) is 16.4 Å². The fourth-order valence-electron chi connectivity index (χ4n) is 2.52. The zero-order chi connectivity index (χ0) is 20.1. The number of thiazole rings is 1. The van der Waals surface area contributed by atoms with Gasteiger partial charge in [-0.3, -0.25) is 14.5 Å². The molecule has 0 saturated carbocycles. The van der Waals surface area contributed by atoms with Crippen molar-refractivity contribution >= 4 is 61.7 Å². The van der Waals surface area contributed by atoms with Gasteiger partial charge in [0.1, 0.15) is 0 Å². The smallest absolute Gasteiger partial charge is 0.248 e. The maximum absolute atomic E-state index is 12.2. The van der Waals surface area contributed by atoms with Gasteiger partial charge in [0.25, 0.3) is 0 Å². The number of aryl methyl sites for hydroxylation is 1. The monoisotopic (exact) mass is 455 g/mol. The highest BCUT2D eigenvalue weighted by Crippen LogP contribution is 2.29. The van der Waals surface area contributed by atoms with Crippen molar-refractivity contribution in [3.63, 3.8) is 0 Å². The topological polar surface area (TPSA) is 62.3 Å². The van der Waals surface area contributed by atoms with Gasteiger partial charge >= 0.3 is 0 Å². The Balaban J connectivity index is 1.72. The molecule has 2 aromatic carbocycles. The van der Waals surface area contributed by atoms with Crippen LogP contribution in [0.15, 0.2) is 64.5 Å². The van der Waals surface area contributed by atoms with Gasteiger partial charge in [-0.25, -0.2) is 4.98 Å². The van der Waals surface area contributed by atoms with Crippen molar-refractivity contribution < 1.29 is 9.59 Å². The lowest BCUT2D eigenvalue weighted by atomic mass is 10.2. The van der Waals surface area contributed by atoms with E-state index in [2.05, 4.69) is 26.2 Å². The summed E-state index contributed by atoms with van der Waals surface area (Å²) in [5.74, 6) is -0.386. The van der Waals surface area contributed by atoms with Crippen LogP contribution in [0.5, 0.6) is 0 Å². The first kappa shape index (κ1) is 20.0. The van der Waals surface area contributed by atoms with Crippen molar-refractivity contribution in [2.45, 2.75) is 13.8 Å². The first-order chi connectivity index (χ1) is 13.4. The largest absolute Gasteiger partial charge is 0.321 e. The number of aromatic nitrogens is 1. The summed E-state index contributed by atoms with van der Waals surface area (Å²) in [6, 6.07) is 15.0. The molecule has 0 atom stereocenters. The summed E-state index contributed by atoms with van der Waals surface area (Å²) < 4.78 is 0.824. The lowest BCUT2D eigenvalue weighted by Gasteiger charge is -2.17. The van der Waals surface area contributed by atoms with Crippen LogP contribution in [-0.2, 0) is 9.59 Å². The number of hydrogen-bond donors (Lipinski definition) is 1. The average molecular weight is 456 g/mol. The Morgan fingerprint density at radius 3 is 2.61 bits per heavy atom.